The van der Waals surface area contributed by atoms with Gasteiger partial charge in [0.05, 0.1) is 13.2 Å². The number of hydrogen-bond acceptors (Lipinski definition) is 3. The number of aliphatic imine (C=N–C) groups is 1. The minimum Gasteiger partial charge on any atom is -0.396 e. The zero-order valence-electron chi connectivity index (χ0n) is 12.9. The second-order valence-corrected chi connectivity index (χ2v) is 5.72. The molecule has 21 heavy (non-hydrogen) atoms. The molecule has 3 N–H and O–H groups in total. The highest BCUT2D eigenvalue weighted by Crippen LogP contribution is 2.28. The topological polar surface area (TPSA) is 72.9 Å². The fraction of sp³-hybridized carbons (Fsp3) is 0.667. The smallest absolute Gasteiger partial charge is 0.193 e. The van der Waals surface area contributed by atoms with Gasteiger partial charge in [-0.15, -0.1) is 0 Å². The first-order chi connectivity index (χ1) is 10.2. The number of H-pyrrole nitrogens is 1. The number of aliphatic hydroxyl groups is 1. The van der Waals surface area contributed by atoms with Crippen LogP contribution >= 0.6 is 0 Å². The number of rotatable bonds is 5. The second kappa shape index (κ2) is 7.47. The summed E-state index contributed by atoms with van der Waals surface area (Å²) in [6, 6.07) is 4.04. The molecule has 0 saturated carbocycles. The Kier molecular flexibility index (Phi) is 5.64. The van der Waals surface area contributed by atoms with Crippen LogP contribution in [0.3, 0.4) is 0 Å². The van der Waals surface area contributed by atoms with E-state index in [1.54, 1.807) is 7.05 Å². The van der Waals surface area contributed by atoms with Crippen molar-refractivity contribution in [2.75, 3.05) is 40.5 Å². The van der Waals surface area contributed by atoms with Gasteiger partial charge in [0, 0.05) is 51.2 Å². The lowest BCUT2D eigenvalue weighted by Crippen LogP contribution is -2.47. The zero-order valence-corrected chi connectivity index (χ0v) is 12.9. The minimum absolute atomic E-state index is 0.0958. The molecule has 0 radical (unpaired) electrons. The van der Waals surface area contributed by atoms with E-state index in [2.05, 4.69) is 26.3 Å². The van der Waals surface area contributed by atoms with Crippen molar-refractivity contribution >= 4 is 5.96 Å². The molecule has 1 saturated heterocycles. The predicted octanol–water partition coefficient (Wildman–Crippen LogP) is 0.811. The van der Waals surface area contributed by atoms with Gasteiger partial charge in [0.15, 0.2) is 5.96 Å². The SMILES string of the molecule is CN=C(NCC1(CO)CCOCC1)N(C)Cc1ccc[nH]1. The molecule has 1 aliphatic heterocycles. The summed E-state index contributed by atoms with van der Waals surface area (Å²) in [6.45, 7) is 3.11. The molecule has 1 aromatic heterocycles. The van der Waals surface area contributed by atoms with Crippen LogP contribution in [0.15, 0.2) is 23.3 Å². The Morgan fingerprint density at radius 2 is 2.29 bits per heavy atom. The molecule has 2 rings (SSSR count). The lowest BCUT2D eigenvalue weighted by atomic mass is 9.81. The predicted molar refractivity (Wildman–Crippen MR) is 83.2 cm³/mol. The molecular weight excluding hydrogens is 268 g/mol. The summed E-state index contributed by atoms with van der Waals surface area (Å²) in [4.78, 5) is 9.58. The van der Waals surface area contributed by atoms with E-state index in [1.165, 1.54) is 0 Å². The molecule has 1 aromatic rings. The number of aromatic amines is 1. The average molecular weight is 294 g/mol. The largest absolute Gasteiger partial charge is 0.396 e. The van der Waals surface area contributed by atoms with Gasteiger partial charge in [-0.25, -0.2) is 0 Å². The van der Waals surface area contributed by atoms with Crippen LogP contribution in [0.1, 0.15) is 18.5 Å². The summed E-state index contributed by atoms with van der Waals surface area (Å²) in [5, 5.41) is 13.1. The van der Waals surface area contributed by atoms with Gasteiger partial charge in [-0.05, 0) is 25.0 Å². The summed E-state index contributed by atoms with van der Waals surface area (Å²) in [6.07, 6.45) is 3.68. The Balaban J connectivity index is 1.89. The molecule has 0 atom stereocenters. The van der Waals surface area contributed by atoms with Crippen LogP contribution in [-0.4, -0.2) is 61.4 Å². The van der Waals surface area contributed by atoms with E-state index in [1.807, 2.05) is 19.3 Å². The molecule has 1 aliphatic rings. The molecular formula is C15H26N4O2. The second-order valence-electron chi connectivity index (χ2n) is 5.72. The first kappa shape index (κ1) is 15.9. The highest BCUT2D eigenvalue weighted by atomic mass is 16.5. The van der Waals surface area contributed by atoms with Crippen molar-refractivity contribution in [3.05, 3.63) is 24.0 Å². The first-order valence-corrected chi connectivity index (χ1v) is 7.42. The summed E-state index contributed by atoms with van der Waals surface area (Å²) in [7, 11) is 3.79. The van der Waals surface area contributed by atoms with Crippen LogP contribution in [-0.2, 0) is 11.3 Å². The Labute approximate surface area is 126 Å². The number of hydrogen-bond donors (Lipinski definition) is 3. The third kappa shape index (κ3) is 4.22. The van der Waals surface area contributed by atoms with Gasteiger partial charge >= 0.3 is 0 Å². The van der Waals surface area contributed by atoms with Gasteiger partial charge in [0.2, 0.25) is 0 Å². The van der Waals surface area contributed by atoms with Crippen LogP contribution in [0.5, 0.6) is 0 Å². The standard InChI is InChI=1S/C15H26N4O2/c1-16-14(19(2)10-13-4-3-7-17-13)18-11-15(12-20)5-8-21-9-6-15/h3-4,7,17,20H,5-6,8-12H2,1-2H3,(H,16,18). The van der Waals surface area contributed by atoms with Gasteiger partial charge in [-0.2, -0.15) is 0 Å². The van der Waals surface area contributed by atoms with Crippen LogP contribution in [0, 0.1) is 5.41 Å². The molecule has 0 aliphatic carbocycles. The van der Waals surface area contributed by atoms with E-state index >= 15 is 0 Å². The Morgan fingerprint density at radius 1 is 1.52 bits per heavy atom. The van der Waals surface area contributed by atoms with E-state index < -0.39 is 0 Å². The molecule has 1 fully saturated rings. The molecule has 0 spiro atoms. The van der Waals surface area contributed by atoms with Crippen molar-refractivity contribution in [2.24, 2.45) is 10.4 Å². The monoisotopic (exact) mass is 294 g/mol. The Bertz CT molecular complexity index is 439. The highest BCUT2D eigenvalue weighted by Gasteiger charge is 2.32. The molecule has 2 heterocycles. The van der Waals surface area contributed by atoms with Gasteiger partial charge in [0.1, 0.15) is 0 Å². The average Bonchev–Trinajstić information content (AvgIpc) is 3.01. The first-order valence-electron chi connectivity index (χ1n) is 7.42. The third-order valence-corrected chi connectivity index (χ3v) is 4.15. The lowest BCUT2D eigenvalue weighted by molar-refractivity contribution is -0.0134. The highest BCUT2D eigenvalue weighted by molar-refractivity contribution is 5.79. The van der Waals surface area contributed by atoms with Crippen molar-refractivity contribution in [2.45, 2.75) is 19.4 Å². The number of aliphatic hydroxyl groups excluding tert-OH is 1. The molecule has 0 amide bonds. The maximum absolute atomic E-state index is 9.72. The normalized spacial score (nSPS) is 18.5. The van der Waals surface area contributed by atoms with Crippen LogP contribution in [0.2, 0.25) is 0 Å². The van der Waals surface area contributed by atoms with E-state index in [0.717, 1.165) is 44.3 Å². The molecule has 0 bridgehead atoms. The van der Waals surface area contributed by atoms with Gasteiger partial charge in [0.25, 0.3) is 0 Å². The van der Waals surface area contributed by atoms with Crippen LogP contribution < -0.4 is 5.32 Å². The number of guanidine groups is 1. The van der Waals surface area contributed by atoms with Crippen molar-refractivity contribution < 1.29 is 9.84 Å². The van der Waals surface area contributed by atoms with Crippen molar-refractivity contribution in [3.63, 3.8) is 0 Å². The van der Waals surface area contributed by atoms with Crippen molar-refractivity contribution in [1.29, 1.82) is 0 Å². The minimum atomic E-state index is -0.0958. The Hall–Kier alpha value is -1.53. The molecule has 118 valence electrons. The van der Waals surface area contributed by atoms with Gasteiger partial charge < -0.3 is 25.0 Å². The summed E-state index contributed by atoms with van der Waals surface area (Å²) >= 11 is 0. The molecule has 0 unspecified atom stereocenters. The zero-order chi connectivity index (χ0) is 15.1. The van der Waals surface area contributed by atoms with Crippen LogP contribution in [0.4, 0.5) is 0 Å². The number of ether oxygens (including phenoxy) is 1. The molecule has 0 aromatic carbocycles. The van der Waals surface area contributed by atoms with Gasteiger partial charge in [-0.1, -0.05) is 0 Å². The summed E-state index contributed by atoms with van der Waals surface area (Å²) < 4.78 is 5.39. The number of nitrogens with zero attached hydrogens (tertiary/aromatic N) is 2. The van der Waals surface area contributed by atoms with Gasteiger partial charge in [-0.3, -0.25) is 4.99 Å². The maximum Gasteiger partial charge on any atom is 0.193 e. The maximum atomic E-state index is 9.72. The molecule has 6 heteroatoms. The van der Waals surface area contributed by atoms with Crippen LogP contribution in [0.25, 0.3) is 0 Å². The van der Waals surface area contributed by atoms with Crippen molar-refractivity contribution in [1.82, 2.24) is 15.2 Å². The van der Waals surface area contributed by atoms with E-state index in [0.29, 0.717) is 6.54 Å². The number of aromatic nitrogens is 1. The number of nitrogens with one attached hydrogen (secondary N) is 2. The third-order valence-electron chi connectivity index (χ3n) is 4.15. The Morgan fingerprint density at radius 3 is 2.86 bits per heavy atom. The summed E-state index contributed by atoms with van der Waals surface area (Å²) in [5.41, 5.74) is 1.05. The van der Waals surface area contributed by atoms with E-state index in [-0.39, 0.29) is 12.0 Å². The molecule has 6 nitrogen and oxygen atoms in total. The van der Waals surface area contributed by atoms with Crippen molar-refractivity contribution in [3.8, 4) is 0 Å². The quantitative estimate of drug-likeness (QED) is 0.555. The fourth-order valence-corrected chi connectivity index (χ4v) is 2.64. The van der Waals surface area contributed by atoms with E-state index in [4.69, 9.17) is 4.74 Å². The van der Waals surface area contributed by atoms with E-state index in [9.17, 15) is 5.11 Å². The summed E-state index contributed by atoms with van der Waals surface area (Å²) in [5.74, 6) is 0.837. The lowest BCUT2D eigenvalue weighted by Gasteiger charge is -2.36. The fourth-order valence-electron chi connectivity index (χ4n) is 2.64.